The molecule has 1 aliphatic rings. The Hall–Kier alpha value is -2.09. The number of aliphatic carboxylic acids is 1. The molecular weight excluding hydrogens is 302 g/mol. The number of nitrogens with one attached hydrogen (secondary N) is 1. The van der Waals surface area contributed by atoms with E-state index >= 15 is 0 Å². The highest BCUT2D eigenvalue weighted by molar-refractivity contribution is 5.73. The molecule has 0 atom stereocenters. The maximum absolute atomic E-state index is 12.0. The Balaban J connectivity index is 1.94. The Labute approximate surface area is 134 Å². The van der Waals surface area contributed by atoms with Crippen molar-refractivity contribution in [3.05, 3.63) is 17.5 Å². The molecule has 0 aromatic carbocycles. The first-order valence-electron chi connectivity index (χ1n) is 7.46. The molecule has 1 aliphatic heterocycles. The number of carbonyl (C=O) groups excluding carboxylic acids is 1. The third-order valence-electron chi connectivity index (χ3n) is 3.44. The lowest BCUT2D eigenvalue weighted by Gasteiger charge is -2.49. The van der Waals surface area contributed by atoms with Crippen LogP contribution >= 0.6 is 0 Å². The van der Waals surface area contributed by atoms with Gasteiger partial charge >= 0.3 is 12.1 Å². The lowest BCUT2D eigenvalue weighted by atomic mass is 9.86. The Morgan fingerprint density at radius 1 is 1.48 bits per heavy atom. The second kappa shape index (κ2) is 6.19. The van der Waals surface area contributed by atoms with Crippen molar-refractivity contribution in [1.82, 2.24) is 15.4 Å². The quantitative estimate of drug-likeness (QED) is 0.846. The van der Waals surface area contributed by atoms with Crippen LogP contribution in [0.25, 0.3) is 0 Å². The number of nitrogens with zero attached hydrogens (tertiary/aromatic N) is 2. The average molecular weight is 325 g/mol. The molecule has 0 spiro atoms. The summed E-state index contributed by atoms with van der Waals surface area (Å²) in [6, 6.07) is 1.78. The van der Waals surface area contributed by atoms with Crippen molar-refractivity contribution in [2.24, 2.45) is 0 Å². The minimum absolute atomic E-state index is 0.0839. The van der Waals surface area contributed by atoms with Crippen molar-refractivity contribution in [3.8, 4) is 0 Å². The summed E-state index contributed by atoms with van der Waals surface area (Å²) in [6.45, 7) is 8.10. The molecule has 0 bridgehead atoms. The Bertz CT molecular complexity index is 584. The van der Waals surface area contributed by atoms with Crippen LogP contribution in [0.3, 0.4) is 0 Å². The van der Waals surface area contributed by atoms with Crippen molar-refractivity contribution in [2.75, 3.05) is 13.1 Å². The molecule has 1 aromatic heterocycles. The number of hydrogen-bond acceptors (Lipinski definition) is 6. The van der Waals surface area contributed by atoms with E-state index < -0.39 is 23.2 Å². The van der Waals surface area contributed by atoms with E-state index in [0.29, 0.717) is 12.3 Å². The van der Waals surface area contributed by atoms with Gasteiger partial charge in [-0.25, -0.2) is 4.79 Å². The van der Waals surface area contributed by atoms with E-state index in [0.717, 1.165) is 5.69 Å². The second-order valence-corrected chi connectivity index (χ2v) is 6.98. The highest BCUT2D eigenvalue weighted by Crippen LogP contribution is 2.27. The first-order valence-corrected chi connectivity index (χ1v) is 7.46. The molecule has 1 saturated heterocycles. The van der Waals surface area contributed by atoms with Gasteiger partial charge in [0.15, 0.2) is 5.76 Å². The van der Waals surface area contributed by atoms with Crippen molar-refractivity contribution in [3.63, 3.8) is 0 Å². The van der Waals surface area contributed by atoms with E-state index in [4.69, 9.17) is 14.4 Å². The summed E-state index contributed by atoms with van der Waals surface area (Å²) in [4.78, 5) is 24.6. The zero-order valence-corrected chi connectivity index (χ0v) is 13.9. The largest absolute Gasteiger partial charge is 0.481 e. The average Bonchev–Trinajstić information content (AvgIpc) is 2.75. The molecule has 0 aliphatic carbocycles. The molecule has 0 radical (unpaired) electrons. The summed E-state index contributed by atoms with van der Waals surface area (Å²) < 4.78 is 10.4. The lowest BCUT2D eigenvalue weighted by molar-refractivity contribution is -0.141. The minimum Gasteiger partial charge on any atom is -0.481 e. The van der Waals surface area contributed by atoms with Crippen molar-refractivity contribution < 1.29 is 24.0 Å². The van der Waals surface area contributed by atoms with E-state index in [2.05, 4.69) is 10.5 Å². The summed E-state index contributed by atoms with van der Waals surface area (Å²) in [5.74, 6) is -0.293. The number of ether oxygens (including phenoxy) is 1. The molecule has 23 heavy (non-hydrogen) atoms. The number of rotatable bonds is 5. The van der Waals surface area contributed by atoms with Gasteiger partial charge in [-0.3, -0.25) is 4.79 Å². The number of carboxylic acids is 1. The van der Waals surface area contributed by atoms with Crippen molar-refractivity contribution >= 4 is 12.1 Å². The Morgan fingerprint density at radius 2 is 2.13 bits per heavy atom. The SMILES string of the molecule is Cc1cc(CNC2(CC(=O)O)CN(C(=O)OC(C)(C)C)C2)on1. The molecule has 2 N–H and O–H groups in total. The highest BCUT2D eigenvalue weighted by atomic mass is 16.6. The fourth-order valence-electron chi connectivity index (χ4n) is 2.49. The first kappa shape index (κ1) is 17.3. The predicted octanol–water partition coefficient (Wildman–Crippen LogP) is 1.54. The van der Waals surface area contributed by atoms with Gasteiger partial charge in [0.25, 0.3) is 0 Å². The third kappa shape index (κ3) is 4.69. The molecule has 1 amide bonds. The minimum atomic E-state index is -0.921. The van der Waals surface area contributed by atoms with E-state index in [-0.39, 0.29) is 19.5 Å². The molecule has 8 heteroatoms. The fraction of sp³-hybridized carbons (Fsp3) is 0.667. The molecule has 1 aromatic rings. The topological polar surface area (TPSA) is 105 Å². The van der Waals surface area contributed by atoms with Crippen LogP contribution in [0.15, 0.2) is 10.6 Å². The Morgan fingerprint density at radius 3 is 2.61 bits per heavy atom. The van der Waals surface area contributed by atoms with Gasteiger partial charge in [-0.15, -0.1) is 0 Å². The Kier molecular flexibility index (Phi) is 4.65. The van der Waals surface area contributed by atoms with Gasteiger partial charge < -0.3 is 24.6 Å². The van der Waals surface area contributed by atoms with Crippen LogP contribution in [0.2, 0.25) is 0 Å². The van der Waals surface area contributed by atoms with E-state index in [1.54, 1.807) is 26.8 Å². The van der Waals surface area contributed by atoms with Crippen LogP contribution in [0, 0.1) is 6.92 Å². The first-order chi connectivity index (χ1) is 10.6. The standard InChI is InChI=1S/C15H23N3O5/c1-10-5-11(23-17-10)7-16-15(6-12(19)20)8-18(9-15)13(21)22-14(2,3)4/h5,16H,6-9H2,1-4H3,(H,19,20). The predicted molar refractivity (Wildman–Crippen MR) is 80.9 cm³/mol. The number of aryl methyl sites for hydroxylation is 1. The number of likely N-dealkylation sites (tertiary alicyclic amines) is 1. The van der Waals surface area contributed by atoms with E-state index in [1.165, 1.54) is 4.90 Å². The zero-order chi connectivity index (χ0) is 17.3. The smallest absolute Gasteiger partial charge is 0.410 e. The van der Waals surface area contributed by atoms with Crippen LogP contribution in [0.1, 0.15) is 38.6 Å². The molecule has 128 valence electrons. The lowest BCUT2D eigenvalue weighted by Crippen LogP contribution is -2.71. The fourth-order valence-corrected chi connectivity index (χ4v) is 2.49. The van der Waals surface area contributed by atoms with Crippen LogP contribution in [0.5, 0.6) is 0 Å². The van der Waals surface area contributed by atoms with Crippen LogP contribution in [-0.4, -0.2) is 51.5 Å². The number of amides is 1. The summed E-state index contributed by atoms with van der Waals surface area (Å²) in [5, 5.41) is 16.1. The van der Waals surface area contributed by atoms with Crippen molar-refractivity contribution in [1.29, 1.82) is 0 Å². The van der Waals surface area contributed by atoms with Crippen LogP contribution in [0.4, 0.5) is 4.79 Å². The summed E-state index contributed by atoms with van der Waals surface area (Å²) in [7, 11) is 0. The van der Waals surface area contributed by atoms with E-state index in [1.807, 2.05) is 6.92 Å². The molecule has 0 saturated carbocycles. The molecular formula is C15H23N3O5. The molecule has 2 heterocycles. The van der Waals surface area contributed by atoms with Crippen LogP contribution in [-0.2, 0) is 16.1 Å². The zero-order valence-electron chi connectivity index (χ0n) is 13.9. The number of carboxylic acid groups (broad SMARTS) is 1. The highest BCUT2D eigenvalue weighted by Gasteiger charge is 2.47. The summed E-state index contributed by atoms with van der Waals surface area (Å²) >= 11 is 0. The number of carbonyl (C=O) groups is 2. The number of aromatic nitrogens is 1. The molecule has 0 unspecified atom stereocenters. The maximum Gasteiger partial charge on any atom is 0.410 e. The van der Waals surface area contributed by atoms with Gasteiger partial charge in [-0.05, 0) is 27.7 Å². The van der Waals surface area contributed by atoms with Crippen molar-refractivity contribution in [2.45, 2.75) is 51.8 Å². The summed E-state index contributed by atoms with van der Waals surface area (Å²) in [5.41, 5.74) is -0.492. The molecule has 2 rings (SSSR count). The van der Waals surface area contributed by atoms with Gasteiger partial charge in [0, 0.05) is 19.2 Å². The van der Waals surface area contributed by atoms with Gasteiger partial charge in [-0.2, -0.15) is 0 Å². The maximum atomic E-state index is 12.0. The third-order valence-corrected chi connectivity index (χ3v) is 3.44. The second-order valence-electron chi connectivity index (χ2n) is 6.98. The van der Waals surface area contributed by atoms with Gasteiger partial charge in [0.1, 0.15) is 5.60 Å². The van der Waals surface area contributed by atoms with Crippen LogP contribution < -0.4 is 5.32 Å². The molecule has 8 nitrogen and oxygen atoms in total. The van der Waals surface area contributed by atoms with Gasteiger partial charge in [-0.1, -0.05) is 5.16 Å². The monoisotopic (exact) mass is 325 g/mol. The number of hydrogen-bond donors (Lipinski definition) is 2. The molecule has 1 fully saturated rings. The van der Waals surface area contributed by atoms with E-state index in [9.17, 15) is 9.59 Å². The van der Waals surface area contributed by atoms with Gasteiger partial charge in [0.2, 0.25) is 0 Å². The normalized spacial score (nSPS) is 16.8. The van der Waals surface area contributed by atoms with Gasteiger partial charge in [0.05, 0.1) is 24.2 Å². The summed E-state index contributed by atoms with van der Waals surface area (Å²) in [6.07, 6.45) is -0.518.